The van der Waals surface area contributed by atoms with Crippen LogP contribution in [-0.2, 0) is 14.8 Å². The molecular formula is C26H29N3O4S. The molecular weight excluding hydrogens is 450 g/mol. The fraction of sp³-hybridized carbons (Fsp3) is 0.308. The molecule has 1 aromatic heterocycles. The molecule has 8 heteroatoms. The minimum Gasteiger partial charge on any atom is -0.481 e. The summed E-state index contributed by atoms with van der Waals surface area (Å²) in [6.07, 6.45) is 6.90. The molecule has 0 saturated heterocycles. The number of carboxylic acid groups (broad SMARTS) is 1. The molecule has 0 aliphatic heterocycles. The molecule has 0 radical (unpaired) electrons. The Morgan fingerprint density at radius 2 is 1.74 bits per heavy atom. The molecule has 3 aromatic rings. The Bertz CT molecular complexity index is 1380. The highest BCUT2D eigenvalue weighted by Gasteiger charge is 2.25. The predicted molar refractivity (Wildman–Crippen MR) is 136 cm³/mol. The van der Waals surface area contributed by atoms with E-state index >= 15 is 0 Å². The van der Waals surface area contributed by atoms with E-state index in [9.17, 15) is 18.3 Å². The number of nitrogens with zero attached hydrogens (tertiary/aromatic N) is 2. The van der Waals surface area contributed by atoms with Crippen LogP contribution in [0.25, 0.3) is 10.8 Å². The van der Waals surface area contributed by atoms with Gasteiger partial charge in [-0.2, -0.15) is 0 Å². The number of aliphatic carboxylic acids is 1. The summed E-state index contributed by atoms with van der Waals surface area (Å²) in [4.78, 5) is 17.8. The maximum absolute atomic E-state index is 13.5. The van der Waals surface area contributed by atoms with Gasteiger partial charge in [-0.1, -0.05) is 36.3 Å². The largest absolute Gasteiger partial charge is 0.481 e. The quantitative estimate of drug-likeness (QED) is 0.459. The number of aryl methyl sites for hydroxylation is 2. The fourth-order valence-corrected chi connectivity index (χ4v) is 5.85. The van der Waals surface area contributed by atoms with Gasteiger partial charge in [0, 0.05) is 16.8 Å². The second-order valence-electron chi connectivity index (χ2n) is 8.51. The molecule has 178 valence electrons. The van der Waals surface area contributed by atoms with E-state index in [1.807, 2.05) is 38.1 Å². The van der Waals surface area contributed by atoms with Crippen LogP contribution in [0, 0.1) is 40.0 Å². The molecule has 0 aliphatic rings. The van der Waals surface area contributed by atoms with E-state index in [0.717, 1.165) is 11.1 Å². The number of aromatic nitrogens is 1. The van der Waals surface area contributed by atoms with Gasteiger partial charge in [-0.3, -0.25) is 9.52 Å². The summed E-state index contributed by atoms with van der Waals surface area (Å²) in [6.45, 7) is 9.33. The van der Waals surface area contributed by atoms with Crippen molar-refractivity contribution in [3.8, 4) is 12.3 Å². The summed E-state index contributed by atoms with van der Waals surface area (Å²) < 4.78 is 29.7. The Morgan fingerprint density at radius 3 is 2.29 bits per heavy atom. The molecule has 0 unspecified atom stereocenters. The summed E-state index contributed by atoms with van der Waals surface area (Å²) in [5.41, 5.74) is 3.54. The van der Waals surface area contributed by atoms with E-state index in [1.165, 1.54) is 6.20 Å². The van der Waals surface area contributed by atoms with Gasteiger partial charge in [0.15, 0.2) is 0 Å². The Hall–Kier alpha value is -3.57. The summed E-state index contributed by atoms with van der Waals surface area (Å²) >= 11 is 0. The molecule has 0 fully saturated rings. The SMILES string of the molecule is C#CCN(c1ncc(NS(=O)(=O)c2c(C)c(C)cc(C)c2C)c2ccccc12)[C@@H](C)CC(=O)O. The Labute approximate surface area is 200 Å². The van der Waals surface area contributed by atoms with Crippen LogP contribution in [0.5, 0.6) is 0 Å². The third kappa shape index (κ3) is 4.85. The van der Waals surface area contributed by atoms with Crippen molar-refractivity contribution < 1.29 is 18.3 Å². The van der Waals surface area contributed by atoms with E-state index in [2.05, 4.69) is 15.6 Å². The summed E-state index contributed by atoms with van der Waals surface area (Å²) in [6, 6.07) is 8.82. The van der Waals surface area contributed by atoms with Gasteiger partial charge in [-0.25, -0.2) is 13.4 Å². The number of nitrogens with one attached hydrogen (secondary N) is 1. The molecule has 3 rings (SSSR count). The number of pyridine rings is 1. The molecule has 0 spiro atoms. The van der Waals surface area contributed by atoms with Crippen LogP contribution in [-0.4, -0.2) is 37.1 Å². The smallest absolute Gasteiger partial charge is 0.305 e. The van der Waals surface area contributed by atoms with Crippen molar-refractivity contribution in [1.82, 2.24) is 4.98 Å². The minimum atomic E-state index is -3.90. The number of carboxylic acids is 1. The topological polar surface area (TPSA) is 99.6 Å². The second kappa shape index (κ2) is 9.74. The zero-order valence-corrected chi connectivity index (χ0v) is 20.8. The van der Waals surface area contributed by atoms with Gasteiger partial charge in [-0.05, 0) is 56.9 Å². The van der Waals surface area contributed by atoms with Crippen LogP contribution < -0.4 is 9.62 Å². The first-order valence-corrected chi connectivity index (χ1v) is 12.4. The number of fused-ring (bicyclic) bond motifs is 1. The van der Waals surface area contributed by atoms with E-state index in [0.29, 0.717) is 33.4 Å². The molecule has 2 aromatic carbocycles. The number of anilines is 2. The zero-order valence-electron chi connectivity index (χ0n) is 20.0. The van der Waals surface area contributed by atoms with Crippen LogP contribution in [0.3, 0.4) is 0 Å². The van der Waals surface area contributed by atoms with Gasteiger partial charge < -0.3 is 10.0 Å². The first-order chi connectivity index (χ1) is 16.0. The van der Waals surface area contributed by atoms with Gasteiger partial charge in [0.1, 0.15) is 5.82 Å². The number of hydrogen-bond donors (Lipinski definition) is 2. The lowest BCUT2D eigenvalue weighted by molar-refractivity contribution is -0.137. The number of carbonyl (C=O) groups is 1. The molecule has 0 bridgehead atoms. The van der Waals surface area contributed by atoms with Crippen molar-refractivity contribution in [1.29, 1.82) is 0 Å². The second-order valence-corrected chi connectivity index (χ2v) is 10.1. The van der Waals surface area contributed by atoms with E-state index in [4.69, 9.17) is 6.42 Å². The Morgan fingerprint density at radius 1 is 1.15 bits per heavy atom. The number of terminal acetylenes is 1. The standard InChI is InChI=1S/C26H29N3O4S/c1-7-12-29(18(4)14-24(30)31)26-22-11-9-8-10-21(22)23(15-27-26)28-34(32,33)25-19(5)16(2)13-17(3)20(25)6/h1,8-11,13,15,18,28H,12,14H2,2-6H3,(H,30,31)/t18-/m0/s1. The van der Waals surface area contributed by atoms with Crippen LogP contribution >= 0.6 is 0 Å². The predicted octanol–water partition coefficient (Wildman–Crippen LogP) is 4.57. The van der Waals surface area contributed by atoms with Crippen molar-refractivity contribution >= 4 is 38.3 Å². The van der Waals surface area contributed by atoms with Gasteiger partial charge in [0.25, 0.3) is 10.0 Å². The van der Waals surface area contributed by atoms with Crippen molar-refractivity contribution in [2.24, 2.45) is 0 Å². The van der Waals surface area contributed by atoms with Crippen LogP contribution in [0.15, 0.2) is 41.4 Å². The summed E-state index contributed by atoms with van der Waals surface area (Å²) in [7, 11) is -3.90. The van der Waals surface area contributed by atoms with Gasteiger partial charge in [-0.15, -0.1) is 6.42 Å². The highest BCUT2D eigenvalue weighted by atomic mass is 32.2. The monoisotopic (exact) mass is 479 g/mol. The van der Waals surface area contributed by atoms with Gasteiger partial charge in [0.2, 0.25) is 0 Å². The number of rotatable bonds is 8. The van der Waals surface area contributed by atoms with Crippen molar-refractivity contribution in [2.45, 2.75) is 52.0 Å². The summed E-state index contributed by atoms with van der Waals surface area (Å²) in [5, 5.41) is 10.6. The molecule has 0 amide bonds. The molecule has 0 saturated carbocycles. The summed E-state index contributed by atoms with van der Waals surface area (Å²) in [5.74, 6) is 2.13. The lowest BCUT2D eigenvalue weighted by Gasteiger charge is -2.29. The average Bonchev–Trinajstić information content (AvgIpc) is 2.76. The Kier molecular flexibility index (Phi) is 7.18. The highest BCUT2D eigenvalue weighted by molar-refractivity contribution is 7.92. The molecule has 1 heterocycles. The fourth-order valence-electron chi connectivity index (χ4n) is 4.17. The number of sulfonamides is 1. The Balaban J connectivity index is 2.14. The van der Waals surface area contributed by atoms with Crippen molar-refractivity contribution in [3.05, 3.63) is 58.8 Å². The molecule has 1 atom stereocenters. The van der Waals surface area contributed by atoms with Crippen LogP contribution in [0.1, 0.15) is 35.6 Å². The van der Waals surface area contributed by atoms with E-state index < -0.39 is 22.0 Å². The van der Waals surface area contributed by atoms with Crippen LogP contribution in [0.4, 0.5) is 11.5 Å². The number of hydrogen-bond acceptors (Lipinski definition) is 5. The minimum absolute atomic E-state index is 0.114. The lowest BCUT2D eigenvalue weighted by atomic mass is 10.0. The maximum atomic E-state index is 13.5. The third-order valence-corrected chi connectivity index (χ3v) is 7.76. The zero-order chi connectivity index (χ0) is 25.2. The third-order valence-electron chi connectivity index (χ3n) is 6.12. The van der Waals surface area contributed by atoms with Gasteiger partial charge >= 0.3 is 5.97 Å². The molecule has 0 aliphatic carbocycles. The lowest BCUT2D eigenvalue weighted by Crippen LogP contribution is -2.36. The average molecular weight is 480 g/mol. The number of benzene rings is 2. The first-order valence-electron chi connectivity index (χ1n) is 10.9. The normalized spacial score (nSPS) is 12.2. The van der Waals surface area contributed by atoms with E-state index in [-0.39, 0.29) is 17.9 Å². The first kappa shape index (κ1) is 25.1. The molecule has 34 heavy (non-hydrogen) atoms. The van der Waals surface area contributed by atoms with E-state index in [1.54, 1.807) is 31.7 Å². The van der Waals surface area contributed by atoms with Gasteiger partial charge in [0.05, 0.1) is 29.7 Å². The van der Waals surface area contributed by atoms with Crippen molar-refractivity contribution in [3.63, 3.8) is 0 Å². The van der Waals surface area contributed by atoms with Crippen molar-refractivity contribution in [2.75, 3.05) is 16.2 Å². The highest BCUT2D eigenvalue weighted by Crippen LogP contribution is 2.34. The molecule has 7 nitrogen and oxygen atoms in total. The molecule has 2 N–H and O–H groups in total. The van der Waals surface area contributed by atoms with Crippen LogP contribution in [0.2, 0.25) is 0 Å². The maximum Gasteiger partial charge on any atom is 0.305 e.